The minimum absolute atomic E-state index is 0.153. The number of pyridine rings is 1. The van der Waals surface area contributed by atoms with Gasteiger partial charge in [-0.1, -0.05) is 11.6 Å². The van der Waals surface area contributed by atoms with Gasteiger partial charge in [0.2, 0.25) is 0 Å². The molecular weight excluding hydrogens is 355 g/mol. The van der Waals surface area contributed by atoms with Crippen LogP contribution in [0.25, 0.3) is 11.4 Å². The van der Waals surface area contributed by atoms with Crippen molar-refractivity contribution < 1.29 is 4.39 Å². The van der Waals surface area contributed by atoms with Crippen LogP contribution in [0.2, 0.25) is 5.02 Å². The highest BCUT2D eigenvalue weighted by Crippen LogP contribution is 2.21. The van der Waals surface area contributed by atoms with E-state index in [0.29, 0.717) is 48.0 Å². The molecule has 4 rings (SSSR count). The molecule has 0 saturated heterocycles. The third-order valence-electron chi connectivity index (χ3n) is 4.52. The molecule has 5 nitrogen and oxygen atoms in total. The number of benzene rings is 1. The van der Waals surface area contributed by atoms with Crippen LogP contribution in [0.5, 0.6) is 0 Å². The largest absolute Gasteiger partial charge is 0.306 e. The molecule has 7 heteroatoms. The van der Waals surface area contributed by atoms with Crippen LogP contribution in [-0.4, -0.2) is 26.4 Å². The van der Waals surface area contributed by atoms with Crippen molar-refractivity contribution in [3.63, 3.8) is 0 Å². The van der Waals surface area contributed by atoms with Crippen molar-refractivity contribution in [1.29, 1.82) is 0 Å². The number of aromatic amines is 1. The fraction of sp³-hybridized carbons (Fsp3) is 0.211. The maximum Gasteiger partial charge on any atom is 0.255 e. The Morgan fingerprint density at radius 2 is 2.04 bits per heavy atom. The first-order valence-corrected chi connectivity index (χ1v) is 8.67. The Labute approximate surface area is 154 Å². The fourth-order valence-corrected chi connectivity index (χ4v) is 3.26. The van der Waals surface area contributed by atoms with E-state index in [1.54, 1.807) is 24.4 Å². The summed E-state index contributed by atoms with van der Waals surface area (Å²) in [5.41, 5.74) is 2.68. The lowest BCUT2D eigenvalue weighted by Gasteiger charge is -2.27. The molecule has 0 bridgehead atoms. The standard InChI is InChI=1S/C19H16ClFN4O/c20-14-3-1-12(2-4-14)18-23-17-6-8-25(11-15(17)19(26)24-18)10-13-5-7-22-9-16(13)21/h1-5,7,9H,6,8,10-11H2,(H,23,24,26). The van der Waals surface area contributed by atoms with Crippen LogP contribution in [0.3, 0.4) is 0 Å². The van der Waals surface area contributed by atoms with Crippen LogP contribution >= 0.6 is 11.6 Å². The first-order valence-electron chi connectivity index (χ1n) is 8.29. The molecular formula is C19H16ClFN4O. The van der Waals surface area contributed by atoms with E-state index in [2.05, 4.69) is 15.0 Å². The van der Waals surface area contributed by atoms with E-state index in [1.165, 1.54) is 6.20 Å². The average Bonchev–Trinajstić information content (AvgIpc) is 2.64. The van der Waals surface area contributed by atoms with Crippen LogP contribution in [0.15, 0.2) is 47.5 Å². The molecule has 0 fully saturated rings. The molecule has 0 spiro atoms. The molecule has 0 radical (unpaired) electrons. The molecule has 0 unspecified atom stereocenters. The Balaban J connectivity index is 1.59. The van der Waals surface area contributed by atoms with Crippen molar-refractivity contribution in [2.45, 2.75) is 19.5 Å². The number of nitrogens with zero attached hydrogens (tertiary/aromatic N) is 3. The van der Waals surface area contributed by atoms with Gasteiger partial charge in [-0.2, -0.15) is 0 Å². The van der Waals surface area contributed by atoms with E-state index in [1.807, 2.05) is 17.0 Å². The summed E-state index contributed by atoms with van der Waals surface area (Å²) in [7, 11) is 0. The lowest BCUT2D eigenvalue weighted by molar-refractivity contribution is 0.238. The van der Waals surface area contributed by atoms with Gasteiger partial charge in [0.25, 0.3) is 5.56 Å². The fourth-order valence-electron chi connectivity index (χ4n) is 3.13. The van der Waals surface area contributed by atoms with Gasteiger partial charge in [-0.15, -0.1) is 0 Å². The number of hydrogen-bond acceptors (Lipinski definition) is 4. The summed E-state index contributed by atoms with van der Waals surface area (Å²) in [6, 6.07) is 8.85. The van der Waals surface area contributed by atoms with Crippen LogP contribution < -0.4 is 5.56 Å². The minimum Gasteiger partial charge on any atom is -0.306 e. The number of aromatic nitrogens is 3. The van der Waals surface area contributed by atoms with E-state index >= 15 is 0 Å². The number of hydrogen-bond donors (Lipinski definition) is 1. The molecule has 1 aromatic carbocycles. The number of halogens is 2. The predicted octanol–water partition coefficient (Wildman–Crippen LogP) is 3.18. The van der Waals surface area contributed by atoms with Gasteiger partial charge in [0.1, 0.15) is 11.6 Å². The van der Waals surface area contributed by atoms with E-state index in [0.717, 1.165) is 11.3 Å². The zero-order chi connectivity index (χ0) is 18.1. The second kappa shape index (κ2) is 6.97. The molecule has 0 amide bonds. The molecule has 0 atom stereocenters. The van der Waals surface area contributed by atoms with Crippen molar-refractivity contribution in [1.82, 2.24) is 19.9 Å². The number of H-pyrrole nitrogens is 1. The second-order valence-electron chi connectivity index (χ2n) is 6.27. The normalized spacial score (nSPS) is 14.2. The van der Waals surface area contributed by atoms with Gasteiger partial charge in [0.05, 0.1) is 17.5 Å². The van der Waals surface area contributed by atoms with Gasteiger partial charge in [-0.05, 0) is 30.3 Å². The highest BCUT2D eigenvalue weighted by atomic mass is 35.5. The van der Waals surface area contributed by atoms with Gasteiger partial charge in [-0.3, -0.25) is 14.7 Å². The van der Waals surface area contributed by atoms with Crippen molar-refractivity contribution in [3.8, 4) is 11.4 Å². The zero-order valence-electron chi connectivity index (χ0n) is 13.9. The van der Waals surface area contributed by atoms with Gasteiger partial charge >= 0.3 is 0 Å². The Kier molecular flexibility index (Phi) is 4.53. The van der Waals surface area contributed by atoms with Crippen molar-refractivity contribution in [2.75, 3.05) is 6.54 Å². The lowest BCUT2D eigenvalue weighted by Crippen LogP contribution is -2.35. The first kappa shape index (κ1) is 16.9. The molecule has 0 saturated carbocycles. The van der Waals surface area contributed by atoms with Crippen molar-refractivity contribution in [2.24, 2.45) is 0 Å². The molecule has 26 heavy (non-hydrogen) atoms. The molecule has 3 heterocycles. The Hall–Kier alpha value is -2.57. The quantitative estimate of drug-likeness (QED) is 0.769. The lowest BCUT2D eigenvalue weighted by atomic mass is 10.1. The summed E-state index contributed by atoms with van der Waals surface area (Å²) < 4.78 is 13.8. The molecule has 1 aliphatic heterocycles. The molecule has 1 aliphatic rings. The van der Waals surface area contributed by atoms with E-state index in [9.17, 15) is 9.18 Å². The average molecular weight is 371 g/mol. The smallest absolute Gasteiger partial charge is 0.255 e. The highest BCUT2D eigenvalue weighted by molar-refractivity contribution is 6.30. The third-order valence-corrected chi connectivity index (χ3v) is 4.77. The molecule has 1 N–H and O–H groups in total. The second-order valence-corrected chi connectivity index (χ2v) is 6.71. The predicted molar refractivity (Wildman–Crippen MR) is 97.3 cm³/mol. The minimum atomic E-state index is -0.330. The number of fused-ring (bicyclic) bond motifs is 1. The zero-order valence-corrected chi connectivity index (χ0v) is 14.6. The van der Waals surface area contributed by atoms with Crippen LogP contribution in [0, 0.1) is 5.82 Å². The Morgan fingerprint density at radius 1 is 1.23 bits per heavy atom. The maximum atomic E-state index is 13.8. The Bertz CT molecular complexity index is 1000. The first-order chi connectivity index (χ1) is 12.6. The van der Waals surface area contributed by atoms with Gasteiger partial charge < -0.3 is 4.98 Å². The number of rotatable bonds is 3. The summed E-state index contributed by atoms with van der Waals surface area (Å²) in [6.45, 7) is 1.60. The summed E-state index contributed by atoms with van der Waals surface area (Å²) in [6.07, 6.45) is 3.43. The SMILES string of the molecule is O=c1[nH]c(-c2ccc(Cl)cc2)nc2c1CN(Cc1ccncc1F)CC2. The topological polar surface area (TPSA) is 61.9 Å². The molecule has 0 aliphatic carbocycles. The van der Waals surface area contributed by atoms with Gasteiger partial charge in [0.15, 0.2) is 0 Å². The maximum absolute atomic E-state index is 13.8. The molecule has 132 valence electrons. The van der Waals surface area contributed by atoms with Crippen LogP contribution in [0.1, 0.15) is 16.8 Å². The van der Waals surface area contributed by atoms with E-state index in [-0.39, 0.29) is 11.4 Å². The summed E-state index contributed by atoms with van der Waals surface area (Å²) >= 11 is 5.91. The molecule has 2 aromatic heterocycles. The highest BCUT2D eigenvalue weighted by Gasteiger charge is 2.22. The number of nitrogens with one attached hydrogen (secondary N) is 1. The third kappa shape index (κ3) is 3.38. The summed E-state index contributed by atoms with van der Waals surface area (Å²) in [4.78, 5) is 25.8. The van der Waals surface area contributed by atoms with Gasteiger partial charge in [0, 0.05) is 48.4 Å². The molecule has 3 aromatic rings. The van der Waals surface area contributed by atoms with Crippen molar-refractivity contribution in [3.05, 3.63) is 80.7 Å². The summed E-state index contributed by atoms with van der Waals surface area (Å²) in [5.74, 6) is 0.211. The van der Waals surface area contributed by atoms with E-state index < -0.39 is 0 Å². The van der Waals surface area contributed by atoms with E-state index in [4.69, 9.17) is 11.6 Å². The monoisotopic (exact) mass is 370 g/mol. The van der Waals surface area contributed by atoms with Crippen LogP contribution in [0.4, 0.5) is 4.39 Å². The summed E-state index contributed by atoms with van der Waals surface area (Å²) in [5, 5.41) is 0.632. The van der Waals surface area contributed by atoms with Gasteiger partial charge in [-0.25, -0.2) is 9.37 Å². The van der Waals surface area contributed by atoms with Crippen molar-refractivity contribution >= 4 is 11.6 Å². The Morgan fingerprint density at radius 3 is 2.81 bits per heavy atom. The van der Waals surface area contributed by atoms with Crippen LogP contribution in [-0.2, 0) is 19.5 Å².